The minimum absolute atomic E-state index is 0.0184. The van der Waals surface area contributed by atoms with Crippen LogP contribution < -0.4 is 11.1 Å². The van der Waals surface area contributed by atoms with Crippen LogP contribution in [0.15, 0.2) is 59.4 Å². The Morgan fingerprint density at radius 2 is 1.67 bits per heavy atom. The van der Waals surface area contributed by atoms with E-state index in [0.29, 0.717) is 11.1 Å². The Bertz CT molecular complexity index is 1770. The molecule has 48 heavy (non-hydrogen) atoms. The van der Waals surface area contributed by atoms with Crippen molar-refractivity contribution in [3.05, 3.63) is 76.1 Å². The lowest BCUT2D eigenvalue weighted by molar-refractivity contribution is -0.169. The van der Waals surface area contributed by atoms with E-state index in [0.717, 1.165) is 0 Å². The molecule has 0 aromatic heterocycles. The van der Waals surface area contributed by atoms with Crippen molar-refractivity contribution in [2.75, 3.05) is 32.6 Å². The largest absolute Gasteiger partial charge is 0.508 e. The number of likely N-dealkylation sites (N-methyl/N-ethyl adjacent to an activating group) is 1. The molecule has 3 aliphatic rings. The second-order valence-corrected chi connectivity index (χ2v) is 14.4. The lowest BCUT2D eigenvalue weighted by Crippen LogP contribution is -2.70. The molecule has 3 aliphatic carbocycles. The minimum atomic E-state index is -3.92. The van der Waals surface area contributed by atoms with E-state index in [9.17, 15) is 44.5 Å². The molecule has 2 aromatic rings. The monoisotopic (exact) mass is 685 g/mol. The van der Waals surface area contributed by atoms with Crippen molar-refractivity contribution >= 4 is 36.5 Å². The fourth-order valence-electron chi connectivity index (χ4n) is 7.41. The number of carbonyl (C=O) groups excluding carboxylic acids is 3. The molecule has 1 fully saturated rings. The zero-order valence-electron chi connectivity index (χ0n) is 27.1. The van der Waals surface area contributed by atoms with Crippen molar-refractivity contribution in [1.82, 2.24) is 4.90 Å². The van der Waals surface area contributed by atoms with E-state index in [-0.39, 0.29) is 24.5 Å². The number of anilines is 1. The molecule has 0 aliphatic heterocycles. The molecule has 1 amide bonds. The van der Waals surface area contributed by atoms with Gasteiger partial charge in [-0.05, 0) is 51.1 Å². The lowest BCUT2D eigenvalue weighted by atomic mass is 9.54. The van der Waals surface area contributed by atoms with Gasteiger partial charge in [0.25, 0.3) is 5.91 Å². The van der Waals surface area contributed by atoms with E-state index in [4.69, 9.17) is 14.8 Å². The Hall–Kier alpha value is -4.04. The fraction of sp³-hybridized carbons (Fsp3) is 0.424. The van der Waals surface area contributed by atoms with Gasteiger partial charge in [0.15, 0.2) is 17.2 Å². The first-order chi connectivity index (χ1) is 22.6. The van der Waals surface area contributed by atoms with Crippen molar-refractivity contribution in [2.45, 2.75) is 50.2 Å². The summed E-state index contributed by atoms with van der Waals surface area (Å²) in [5, 5.41) is 61.3. The Kier molecular flexibility index (Phi) is 9.38. The SMILES string of the molecule is CCOP(=O)(OCC)C(Nc1ccc2c(c1O)C(O)=C1C(=O)[C@]3(O)C(O)=C(C(N)=O)C(=O)[C@@H](N(C)C)[C@@H]3[C@@H](O)[C@@H]1[C@H]2C)c1ccccc1. The maximum Gasteiger partial charge on any atom is 0.357 e. The predicted octanol–water partition coefficient (Wildman–Crippen LogP) is 2.87. The van der Waals surface area contributed by atoms with Gasteiger partial charge in [-0.1, -0.05) is 43.3 Å². The molecule has 2 aromatic carbocycles. The summed E-state index contributed by atoms with van der Waals surface area (Å²) in [5.41, 5.74) is 1.42. The zero-order chi connectivity index (χ0) is 35.5. The molecule has 1 unspecified atom stereocenters. The average Bonchev–Trinajstić information content (AvgIpc) is 3.02. The summed E-state index contributed by atoms with van der Waals surface area (Å²) in [6, 6.07) is 10.2. The number of benzene rings is 2. The average molecular weight is 686 g/mol. The van der Waals surface area contributed by atoms with E-state index in [1.807, 2.05) is 0 Å². The number of carbonyl (C=O) groups is 3. The maximum atomic E-state index is 14.3. The van der Waals surface area contributed by atoms with Crippen molar-refractivity contribution in [3.8, 4) is 5.75 Å². The predicted molar refractivity (Wildman–Crippen MR) is 174 cm³/mol. The molecule has 0 bridgehead atoms. The Labute approximate surface area is 277 Å². The van der Waals surface area contributed by atoms with Gasteiger partial charge in [0.1, 0.15) is 22.8 Å². The number of Topliss-reactive ketones (excluding diaryl/α,β-unsaturated/α-hetero) is 2. The standard InChI is InChI=1S/C33H40N3O11P/c1-6-46-48(45,47-7-2)32(16-11-9-8-10-12-16)35-18-14-13-17-15(3)19-21(26(38)20(17)25(18)37)29(41)33(44)23(27(19)39)24(36(4)5)28(40)22(30(33)42)31(34)43/h8-15,19,23-24,27,32,35,37-39,42,44H,6-7H2,1-5H3,(H2,34,43)/t15-,19+,23+,24-,27-,32?,33-/m0/s1. The number of phenols is 1. The van der Waals surface area contributed by atoms with Gasteiger partial charge in [-0.3, -0.25) is 23.8 Å². The third-order valence-electron chi connectivity index (χ3n) is 9.47. The second-order valence-electron chi connectivity index (χ2n) is 12.3. The smallest absolute Gasteiger partial charge is 0.357 e. The van der Waals surface area contributed by atoms with E-state index < -0.39 is 94.8 Å². The molecule has 0 radical (unpaired) electrons. The highest BCUT2D eigenvalue weighted by Crippen LogP contribution is 2.62. The number of amides is 1. The number of primary amides is 1. The summed E-state index contributed by atoms with van der Waals surface area (Å²) in [5.74, 6) is -11.1. The molecule has 1 saturated carbocycles. The lowest BCUT2D eigenvalue weighted by Gasteiger charge is -2.53. The minimum Gasteiger partial charge on any atom is -0.508 e. The highest BCUT2D eigenvalue weighted by molar-refractivity contribution is 7.54. The van der Waals surface area contributed by atoms with Crippen LogP contribution in [0.2, 0.25) is 0 Å². The van der Waals surface area contributed by atoms with Crippen LogP contribution in [-0.4, -0.2) is 93.0 Å². The van der Waals surface area contributed by atoms with Gasteiger partial charge in [-0.25, -0.2) is 0 Å². The van der Waals surface area contributed by atoms with Gasteiger partial charge in [0, 0.05) is 11.5 Å². The summed E-state index contributed by atoms with van der Waals surface area (Å²) in [4.78, 5) is 41.2. The second kappa shape index (κ2) is 12.8. The first kappa shape index (κ1) is 35.3. The van der Waals surface area contributed by atoms with E-state index in [1.165, 1.54) is 25.1 Å². The first-order valence-corrected chi connectivity index (χ1v) is 17.1. The van der Waals surface area contributed by atoms with Crippen LogP contribution in [0.5, 0.6) is 5.75 Å². The quantitative estimate of drug-likeness (QED) is 0.109. The summed E-state index contributed by atoms with van der Waals surface area (Å²) in [7, 11) is -1.04. The summed E-state index contributed by atoms with van der Waals surface area (Å²) in [6.07, 6.45) is -1.72. The van der Waals surface area contributed by atoms with Gasteiger partial charge in [0.2, 0.25) is 5.78 Å². The molecule has 7 atom stereocenters. The number of aromatic hydroxyl groups is 1. The van der Waals surface area contributed by atoms with Crippen molar-refractivity contribution in [3.63, 3.8) is 0 Å². The highest BCUT2D eigenvalue weighted by Gasteiger charge is 2.68. The number of nitrogens with zero attached hydrogens (tertiary/aromatic N) is 1. The number of hydrogen-bond donors (Lipinski definition) is 7. The van der Waals surface area contributed by atoms with E-state index in [1.54, 1.807) is 57.2 Å². The normalized spacial score (nSPS) is 27.8. The zero-order valence-corrected chi connectivity index (χ0v) is 28.0. The Balaban J connectivity index is 1.70. The van der Waals surface area contributed by atoms with Gasteiger partial charge < -0.3 is 45.6 Å². The highest BCUT2D eigenvalue weighted by atomic mass is 31.2. The third kappa shape index (κ3) is 5.15. The number of hydrogen-bond acceptors (Lipinski definition) is 13. The van der Waals surface area contributed by atoms with Crippen LogP contribution >= 0.6 is 7.60 Å². The molecule has 15 heteroatoms. The van der Waals surface area contributed by atoms with Crippen LogP contribution in [0.4, 0.5) is 5.69 Å². The molecule has 258 valence electrons. The molecule has 14 nitrogen and oxygen atoms in total. The number of phenolic OH excluding ortho intramolecular Hbond substituents is 1. The third-order valence-corrected chi connectivity index (χ3v) is 11.8. The number of ketones is 2. The topological polar surface area (TPSA) is 229 Å². The van der Waals surface area contributed by atoms with Crippen LogP contribution in [0.25, 0.3) is 5.76 Å². The van der Waals surface area contributed by atoms with Crippen LogP contribution in [0.1, 0.15) is 49.2 Å². The van der Waals surface area contributed by atoms with Crippen LogP contribution in [0.3, 0.4) is 0 Å². The van der Waals surface area contributed by atoms with Crippen molar-refractivity contribution < 1.29 is 53.5 Å². The van der Waals surface area contributed by atoms with Gasteiger partial charge in [-0.2, -0.15) is 0 Å². The van der Waals surface area contributed by atoms with Crippen LogP contribution in [-0.2, 0) is 28.0 Å². The van der Waals surface area contributed by atoms with Gasteiger partial charge >= 0.3 is 7.60 Å². The van der Waals surface area contributed by atoms with E-state index in [2.05, 4.69) is 5.32 Å². The summed E-state index contributed by atoms with van der Waals surface area (Å²) >= 11 is 0. The van der Waals surface area contributed by atoms with Crippen molar-refractivity contribution in [1.29, 1.82) is 0 Å². The van der Waals surface area contributed by atoms with Gasteiger partial charge in [0.05, 0.1) is 42.5 Å². The molecular formula is C33H40N3O11P. The summed E-state index contributed by atoms with van der Waals surface area (Å²) in [6.45, 7) is 5.05. The molecule has 8 N–H and O–H groups in total. The summed E-state index contributed by atoms with van der Waals surface area (Å²) < 4.78 is 25.3. The first-order valence-electron chi connectivity index (χ1n) is 15.5. The van der Waals surface area contributed by atoms with Gasteiger partial charge in [-0.15, -0.1) is 0 Å². The molecule has 0 spiro atoms. The van der Waals surface area contributed by atoms with Crippen LogP contribution in [0, 0.1) is 11.8 Å². The number of nitrogens with two attached hydrogens (primary N) is 1. The van der Waals surface area contributed by atoms with Crippen molar-refractivity contribution in [2.24, 2.45) is 17.6 Å². The Morgan fingerprint density at radius 3 is 2.21 bits per heavy atom. The number of rotatable bonds is 10. The number of nitrogens with one attached hydrogen (secondary N) is 1. The molecule has 0 heterocycles. The Morgan fingerprint density at radius 1 is 1.06 bits per heavy atom. The number of fused-ring (bicyclic) bond motifs is 3. The molecule has 0 saturated heterocycles. The maximum absolute atomic E-state index is 14.3. The molecular weight excluding hydrogens is 645 g/mol. The molecule has 5 rings (SSSR count). The number of aliphatic hydroxyl groups excluding tert-OH is 3. The fourth-order valence-corrected chi connectivity index (χ4v) is 9.33. The van der Waals surface area contributed by atoms with E-state index >= 15 is 0 Å². The number of aliphatic hydroxyl groups is 4.